The molecule has 136 valence electrons. The van der Waals surface area contributed by atoms with Gasteiger partial charge in [0.15, 0.2) is 0 Å². The van der Waals surface area contributed by atoms with Crippen molar-refractivity contribution in [2.75, 3.05) is 23.7 Å². The predicted octanol–water partition coefficient (Wildman–Crippen LogP) is 4.19. The number of urea groups is 1. The lowest BCUT2D eigenvalue weighted by Gasteiger charge is -2.32. The van der Waals surface area contributed by atoms with Crippen molar-refractivity contribution >= 4 is 23.3 Å². The van der Waals surface area contributed by atoms with Crippen molar-refractivity contribution in [3.63, 3.8) is 0 Å². The highest BCUT2D eigenvalue weighted by Crippen LogP contribution is 2.22. The van der Waals surface area contributed by atoms with Crippen LogP contribution >= 0.6 is 0 Å². The van der Waals surface area contributed by atoms with Crippen LogP contribution in [0, 0.1) is 19.8 Å². The summed E-state index contributed by atoms with van der Waals surface area (Å²) in [6.45, 7) is 5.13. The van der Waals surface area contributed by atoms with Crippen molar-refractivity contribution in [3.8, 4) is 0 Å². The smallest absolute Gasteiger partial charge is 0.321 e. The van der Waals surface area contributed by atoms with Crippen LogP contribution in [0.2, 0.25) is 0 Å². The number of benzene rings is 2. The minimum Gasteiger partial charge on any atom is -0.326 e. The fourth-order valence-corrected chi connectivity index (χ4v) is 3.29. The average molecular weight is 351 g/mol. The third kappa shape index (κ3) is 4.42. The molecule has 1 atom stereocenters. The zero-order chi connectivity index (χ0) is 18.5. The summed E-state index contributed by atoms with van der Waals surface area (Å²) < 4.78 is 0. The van der Waals surface area contributed by atoms with Gasteiger partial charge >= 0.3 is 6.03 Å². The van der Waals surface area contributed by atoms with Gasteiger partial charge in [-0.25, -0.2) is 4.79 Å². The molecule has 1 aliphatic rings. The molecule has 0 radical (unpaired) electrons. The monoisotopic (exact) mass is 351 g/mol. The molecule has 2 aromatic carbocycles. The van der Waals surface area contributed by atoms with Crippen LogP contribution in [-0.4, -0.2) is 29.9 Å². The first kappa shape index (κ1) is 18.0. The Morgan fingerprint density at radius 2 is 1.81 bits per heavy atom. The number of nitrogens with one attached hydrogen (secondary N) is 2. The summed E-state index contributed by atoms with van der Waals surface area (Å²) in [4.78, 5) is 26.9. The number of aryl methyl sites for hydroxylation is 2. The minimum atomic E-state index is -0.189. The third-order valence-electron chi connectivity index (χ3n) is 4.74. The molecule has 1 aliphatic heterocycles. The van der Waals surface area contributed by atoms with Gasteiger partial charge in [-0.2, -0.15) is 0 Å². The number of hydrogen-bond acceptors (Lipinski definition) is 2. The van der Waals surface area contributed by atoms with Gasteiger partial charge in [-0.1, -0.05) is 35.9 Å². The van der Waals surface area contributed by atoms with Gasteiger partial charge in [0.05, 0.1) is 5.92 Å². The lowest BCUT2D eigenvalue weighted by atomic mass is 9.97. The van der Waals surface area contributed by atoms with Crippen LogP contribution in [0.5, 0.6) is 0 Å². The third-order valence-corrected chi connectivity index (χ3v) is 4.74. The van der Waals surface area contributed by atoms with E-state index in [9.17, 15) is 9.59 Å². The van der Waals surface area contributed by atoms with E-state index in [-0.39, 0.29) is 17.9 Å². The minimum absolute atomic E-state index is 0.0193. The van der Waals surface area contributed by atoms with Crippen molar-refractivity contribution < 1.29 is 9.59 Å². The number of amides is 3. The number of rotatable bonds is 3. The van der Waals surface area contributed by atoms with Crippen LogP contribution in [0.25, 0.3) is 0 Å². The lowest BCUT2D eigenvalue weighted by Crippen LogP contribution is -2.45. The number of carbonyl (C=O) groups is 2. The fraction of sp³-hybridized carbons (Fsp3) is 0.333. The van der Waals surface area contributed by atoms with Gasteiger partial charge in [-0.05, 0) is 50.5 Å². The number of likely N-dealkylation sites (tertiary alicyclic amines) is 1. The molecule has 1 heterocycles. The van der Waals surface area contributed by atoms with Gasteiger partial charge in [0.2, 0.25) is 5.91 Å². The molecule has 5 nitrogen and oxygen atoms in total. The SMILES string of the molecule is Cc1ccc(NC(=O)[C@@H]2CCCN(C(=O)Nc3ccccc3)C2)c(C)c1. The molecule has 1 saturated heterocycles. The standard InChI is InChI=1S/C21H25N3O2/c1-15-10-11-19(16(2)13-15)23-20(25)17-7-6-12-24(14-17)21(26)22-18-8-4-3-5-9-18/h3-5,8-11,13,17H,6-7,12,14H2,1-2H3,(H,22,26)(H,23,25)/t17-/m1/s1. The van der Waals surface area contributed by atoms with Gasteiger partial charge in [0, 0.05) is 24.5 Å². The fourth-order valence-electron chi connectivity index (χ4n) is 3.29. The van der Waals surface area contributed by atoms with Crippen molar-refractivity contribution in [2.45, 2.75) is 26.7 Å². The zero-order valence-corrected chi connectivity index (χ0v) is 15.3. The van der Waals surface area contributed by atoms with Crippen LogP contribution in [0.15, 0.2) is 48.5 Å². The van der Waals surface area contributed by atoms with E-state index >= 15 is 0 Å². The summed E-state index contributed by atoms with van der Waals surface area (Å²) >= 11 is 0. The molecule has 0 aliphatic carbocycles. The van der Waals surface area contributed by atoms with E-state index < -0.39 is 0 Å². The Balaban J connectivity index is 1.60. The summed E-state index contributed by atoms with van der Waals surface area (Å²) in [5.41, 5.74) is 3.82. The van der Waals surface area contributed by atoms with Crippen LogP contribution in [0.4, 0.5) is 16.2 Å². The molecule has 3 rings (SSSR count). The second kappa shape index (κ2) is 8.04. The molecule has 1 fully saturated rings. The highest BCUT2D eigenvalue weighted by Gasteiger charge is 2.28. The molecule has 0 aromatic heterocycles. The summed E-state index contributed by atoms with van der Waals surface area (Å²) in [7, 11) is 0. The topological polar surface area (TPSA) is 61.4 Å². The number of nitrogens with zero attached hydrogens (tertiary/aromatic N) is 1. The highest BCUT2D eigenvalue weighted by atomic mass is 16.2. The average Bonchev–Trinajstić information content (AvgIpc) is 2.65. The molecule has 5 heteroatoms. The van der Waals surface area contributed by atoms with E-state index in [0.717, 1.165) is 29.8 Å². The molecule has 26 heavy (non-hydrogen) atoms. The molecule has 0 spiro atoms. The maximum absolute atomic E-state index is 12.7. The number of piperidine rings is 1. The predicted molar refractivity (Wildman–Crippen MR) is 104 cm³/mol. The highest BCUT2D eigenvalue weighted by molar-refractivity contribution is 5.94. The summed E-state index contributed by atoms with van der Waals surface area (Å²) in [6.07, 6.45) is 1.62. The van der Waals surface area contributed by atoms with Gasteiger partial charge in [-0.15, -0.1) is 0 Å². The molecule has 3 amide bonds. The molecule has 0 saturated carbocycles. The zero-order valence-electron chi connectivity index (χ0n) is 15.3. The lowest BCUT2D eigenvalue weighted by molar-refractivity contribution is -0.121. The normalized spacial score (nSPS) is 16.8. The molecule has 0 unspecified atom stereocenters. The Labute approximate surface area is 154 Å². The van der Waals surface area contributed by atoms with E-state index in [0.29, 0.717) is 13.1 Å². The summed E-state index contributed by atoms with van der Waals surface area (Å²) in [6, 6.07) is 15.2. The quantitative estimate of drug-likeness (QED) is 0.871. The first-order chi connectivity index (χ1) is 12.5. The Hall–Kier alpha value is -2.82. The maximum atomic E-state index is 12.7. The van der Waals surface area contributed by atoms with Gasteiger partial charge in [0.25, 0.3) is 0 Å². The van der Waals surface area contributed by atoms with E-state index in [4.69, 9.17) is 0 Å². The van der Waals surface area contributed by atoms with Crippen molar-refractivity contribution in [2.24, 2.45) is 5.92 Å². The van der Waals surface area contributed by atoms with Crippen molar-refractivity contribution in [1.82, 2.24) is 4.90 Å². The second-order valence-electron chi connectivity index (χ2n) is 6.89. The first-order valence-electron chi connectivity index (χ1n) is 9.02. The largest absolute Gasteiger partial charge is 0.326 e. The Kier molecular flexibility index (Phi) is 5.56. The van der Waals surface area contributed by atoms with E-state index in [1.54, 1.807) is 4.90 Å². The molecule has 2 aromatic rings. The van der Waals surface area contributed by atoms with Gasteiger partial charge in [0.1, 0.15) is 0 Å². The number of hydrogen-bond donors (Lipinski definition) is 2. The van der Waals surface area contributed by atoms with Crippen molar-refractivity contribution in [3.05, 3.63) is 59.7 Å². The van der Waals surface area contributed by atoms with Crippen LogP contribution in [0.3, 0.4) is 0 Å². The molecule has 0 bridgehead atoms. The summed E-state index contributed by atoms with van der Waals surface area (Å²) in [5.74, 6) is -0.208. The van der Waals surface area contributed by atoms with E-state index in [2.05, 4.69) is 16.7 Å². The summed E-state index contributed by atoms with van der Waals surface area (Å²) in [5, 5.41) is 5.91. The Bertz CT molecular complexity index is 789. The number of anilines is 2. The van der Waals surface area contributed by atoms with Crippen LogP contribution < -0.4 is 10.6 Å². The number of carbonyl (C=O) groups excluding carboxylic acids is 2. The Morgan fingerprint density at radius 3 is 2.54 bits per heavy atom. The molecular formula is C21H25N3O2. The maximum Gasteiger partial charge on any atom is 0.321 e. The molecule has 2 N–H and O–H groups in total. The van der Waals surface area contributed by atoms with Crippen LogP contribution in [-0.2, 0) is 4.79 Å². The van der Waals surface area contributed by atoms with Crippen LogP contribution in [0.1, 0.15) is 24.0 Å². The molecular weight excluding hydrogens is 326 g/mol. The Morgan fingerprint density at radius 1 is 1.04 bits per heavy atom. The van der Waals surface area contributed by atoms with Gasteiger partial charge < -0.3 is 15.5 Å². The number of para-hydroxylation sites is 1. The second-order valence-corrected chi connectivity index (χ2v) is 6.89. The van der Waals surface area contributed by atoms with E-state index in [1.807, 2.05) is 56.3 Å². The van der Waals surface area contributed by atoms with Crippen molar-refractivity contribution in [1.29, 1.82) is 0 Å². The first-order valence-corrected chi connectivity index (χ1v) is 9.02. The van der Waals surface area contributed by atoms with E-state index in [1.165, 1.54) is 5.56 Å². The van der Waals surface area contributed by atoms with Gasteiger partial charge in [-0.3, -0.25) is 4.79 Å².